The molecule has 2 N–H and O–H groups in total. The Kier molecular flexibility index (Phi) is 3.94. The highest BCUT2D eigenvalue weighted by atomic mass is 16.2. The first kappa shape index (κ1) is 14.1. The lowest BCUT2D eigenvalue weighted by Gasteiger charge is -2.30. The lowest BCUT2D eigenvalue weighted by molar-refractivity contribution is -0.132. The van der Waals surface area contributed by atoms with Gasteiger partial charge in [0.2, 0.25) is 5.91 Å². The van der Waals surface area contributed by atoms with Gasteiger partial charge in [0.05, 0.1) is 0 Å². The van der Waals surface area contributed by atoms with Crippen molar-refractivity contribution in [2.45, 2.75) is 44.6 Å². The molecule has 1 aliphatic carbocycles. The fraction of sp³-hybridized carbons (Fsp3) is 0.667. The molecule has 1 aliphatic heterocycles. The van der Waals surface area contributed by atoms with Crippen LogP contribution in [-0.4, -0.2) is 47.0 Å². The van der Waals surface area contributed by atoms with Crippen LogP contribution in [0.15, 0.2) is 6.07 Å². The molecule has 0 radical (unpaired) electrons. The molecule has 21 heavy (non-hydrogen) atoms. The van der Waals surface area contributed by atoms with Gasteiger partial charge in [-0.15, -0.1) is 0 Å². The molecular weight excluding hydrogens is 266 g/mol. The van der Waals surface area contributed by atoms with E-state index in [0.717, 1.165) is 37.0 Å². The van der Waals surface area contributed by atoms with E-state index >= 15 is 0 Å². The average molecular weight is 289 g/mol. The molecule has 1 unspecified atom stereocenters. The van der Waals surface area contributed by atoms with Gasteiger partial charge >= 0.3 is 0 Å². The van der Waals surface area contributed by atoms with Crippen LogP contribution in [-0.2, 0) is 4.79 Å². The number of carbonyl (C=O) groups is 1. The molecule has 0 aromatic carbocycles. The van der Waals surface area contributed by atoms with Gasteiger partial charge in [0.25, 0.3) is 0 Å². The number of amides is 1. The van der Waals surface area contributed by atoms with E-state index in [2.05, 4.69) is 27.5 Å². The van der Waals surface area contributed by atoms with Crippen LogP contribution >= 0.6 is 0 Å². The van der Waals surface area contributed by atoms with Crippen molar-refractivity contribution >= 4 is 17.5 Å². The number of rotatable bonds is 5. The lowest BCUT2D eigenvalue weighted by atomic mass is 10.1. The predicted molar refractivity (Wildman–Crippen MR) is 82.5 cm³/mol. The van der Waals surface area contributed by atoms with Crippen molar-refractivity contribution in [3.8, 4) is 0 Å². The smallest absolute Gasteiger partial charge is 0.222 e. The molecular formula is C15H23N5O. The van der Waals surface area contributed by atoms with Gasteiger partial charge in [-0.05, 0) is 26.2 Å². The number of hydrogen-bond donors (Lipinski definition) is 2. The molecule has 6 nitrogen and oxygen atoms in total. The van der Waals surface area contributed by atoms with E-state index in [-0.39, 0.29) is 11.9 Å². The SMILES string of the molecule is CCNc1cc(NC2CCC(=O)N(C)C2)nc(C2CC2)n1. The van der Waals surface area contributed by atoms with Gasteiger partial charge in [-0.1, -0.05) is 0 Å². The summed E-state index contributed by atoms with van der Waals surface area (Å²) in [5, 5.41) is 6.74. The van der Waals surface area contributed by atoms with Crippen molar-refractivity contribution in [2.24, 2.45) is 0 Å². The van der Waals surface area contributed by atoms with Gasteiger partial charge in [0.1, 0.15) is 17.5 Å². The maximum Gasteiger partial charge on any atom is 0.222 e. The molecule has 114 valence electrons. The standard InChI is InChI=1S/C15H23N5O/c1-3-16-12-8-13(19-15(18-12)10-4-5-10)17-11-6-7-14(21)20(2)9-11/h8,10-11H,3-7,9H2,1-2H3,(H2,16,17,18,19). The highest BCUT2D eigenvalue weighted by molar-refractivity contribution is 5.77. The first-order valence-corrected chi connectivity index (χ1v) is 7.79. The molecule has 2 heterocycles. The Morgan fingerprint density at radius 1 is 1.29 bits per heavy atom. The molecule has 0 bridgehead atoms. The monoisotopic (exact) mass is 289 g/mol. The van der Waals surface area contributed by atoms with Crippen LogP contribution in [0.2, 0.25) is 0 Å². The molecule has 1 atom stereocenters. The summed E-state index contributed by atoms with van der Waals surface area (Å²) in [4.78, 5) is 22.6. The number of anilines is 2. The van der Waals surface area contributed by atoms with Crippen molar-refractivity contribution in [3.05, 3.63) is 11.9 Å². The highest BCUT2D eigenvalue weighted by Crippen LogP contribution is 2.38. The Hall–Kier alpha value is -1.85. The van der Waals surface area contributed by atoms with Gasteiger partial charge in [-0.2, -0.15) is 0 Å². The fourth-order valence-electron chi connectivity index (χ4n) is 2.67. The predicted octanol–water partition coefficient (Wildman–Crippen LogP) is 1.82. The zero-order valence-electron chi connectivity index (χ0n) is 12.7. The van der Waals surface area contributed by atoms with Gasteiger partial charge < -0.3 is 15.5 Å². The number of aromatic nitrogens is 2. The summed E-state index contributed by atoms with van der Waals surface area (Å²) in [5.41, 5.74) is 0. The molecule has 0 spiro atoms. The van der Waals surface area contributed by atoms with Crippen LogP contribution in [0.3, 0.4) is 0 Å². The molecule has 2 fully saturated rings. The van der Waals surface area contributed by atoms with Crippen molar-refractivity contribution < 1.29 is 4.79 Å². The molecule has 1 saturated carbocycles. The van der Waals surface area contributed by atoms with E-state index in [1.165, 1.54) is 12.8 Å². The number of carbonyl (C=O) groups excluding carboxylic acids is 1. The first-order chi connectivity index (χ1) is 10.2. The third-order valence-corrected chi connectivity index (χ3v) is 4.02. The van der Waals surface area contributed by atoms with Crippen LogP contribution in [0.1, 0.15) is 44.3 Å². The maximum atomic E-state index is 11.5. The number of piperidine rings is 1. The number of nitrogens with one attached hydrogen (secondary N) is 2. The normalized spacial score (nSPS) is 22.3. The largest absolute Gasteiger partial charge is 0.370 e. The van der Waals surface area contributed by atoms with Crippen molar-refractivity contribution in [3.63, 3.8) is 0 Å². The summed E-state index contributed by atoms with van der Waals surface area (Å²) in [7, 11) is 1.86. The van der Waals surface area contributed by atoms with Crippen LogP contribution < -0.4 is 10.6 Å². The highest BCUT2D eigenvalue weighted by Gasteiger charge is 2.28. The van der Waals surface area contributed by atoms with Gasteiger partial charge in [0, 0.05) is 44.6 Å². The van der Waals surface area contributed by atoms with Crippen LogP contribution in [0, 0.1) is 0 Å². The average Bonchev–Trinajstić information content (AvgIpc) is 3.28. The molecule has 1 aromatic heterocycles. The van der Waals surface area contributed by atoms with Gasteiger partial charge in [-0.3, -0.25) is 4.79 Å². The van der Waals surface area contributed by atoms with Gasteiger partial charge in [0.15, 0.2) is 0 Å². The number of hydrogen-bond acceptors (Lipinski definition) is 5. The Balaban J connectivity index is 1.73. The zero-order valence-corrected chi connectivity index (χ0v) is 12.7. The Morgan fingerprint density at radius 3 is 2.71 bits per heavy atom. The van der Waals surface area contributed by atoms with Crippen LogP contribution in [0.4, 0.5) is 11.6 Å². The van der Waals surface area contributed by atoms with Crippen LogP contribution in [0.25, 0.3) is 0 Å². The molecule has 2 aliphatic rings. The summed E-state index contributed by atoms with van der Waals surface area (Å²) in [6.45, 7) is 3.65. The lowest BCUT2D eigenvalue weighted by Crippen LogP contribution is -2.43. The quantitative estimate of drug-likeness (QED) is 0.865. The van der Waals surface area contributed by atoms with Crippen LogP contribution in [0.5, 0.6) is 0 Å². The summed E-state index contributed by atoms with van der Waals surface area (Å²) in [5.74, 6) is 3.45. The minimum atomic E-state index is 0.225. The fourth-order valence-corrected chi connectivity index (χ4v) is 2.67. The van der Waals surface area contributed by atoms with E-state index in [0.29, 0.717) is 12.3 Å². The third kappa shape index (κ3) is 3.43. The first-order valence-electron chi connectivity index (χ1n) is 7.79. The van der Waals surface area contributed by atoms with E-state index in [1.807, 2.05) is 13.1 Å². The van der Waals surface area contributed by atoms with E-state index in [9.17, 15) is 4.79 Å². The number of likely N-dealkylation sites (tertiary alicyclic amines) is 1. The van der Waals surface area contributed by atoms with Gasteiger partial charge in [-0.25, -0.2) is 9.97 Å². The third-order valence-electron chi connectivity index (χ3n) is 4.02. The van der Waals surface area contributed by atoms with Crippen molar-refractivity contribution in [1.82, 2.24) is 14.9 Å². The topological polar surface area (TPSA) is 70.2 Å². The van der Waals surface area contributed by atoms with Crippen molar-refractivity contribution in [1.29, 1.82) is 0 Å². The summed E-state index contributed by atoms with van der Waals surface area (Å²) in [6.07, 6.45) is 3.85. The molecule has 3 rings (SSSR count). The number of likely N-dealkylation sites (N-methyl/N-ethyl adjacent to an activating group) is 1. The minimum absolute atomic E-state index is 0.225. The number of nitrogens with zero attached hydrogens (tertiary/aromatic N) is 3. The summed E-state index contributed by atoms with van der Waals surface area (Å²) < 4.78 is 0. The Labute approximate surface area is 125 Å². The Bertz CT molecular complexity index is 529. The van der Waals surface area contributed by atoms with E-state index in [4.69, 9.17) is 0 Å². The molecule has 1 aromatic rings. The van der Waals surface area contributed by atoms with Crippen molar-refractivity contribution in [2.75, 3.05) is 30.8 Å². The Morgan fingerprint density at radius 2 is 2.05 bits per heavy atom. The molecule has 6 heteroatoms. The second-order valence-electron chi connectivity index (χ2n) is 5.96. The van der Waals surface area contributed by atoms with E-state index < -0.39 is 0 Å². The summed E-state index contributed by atoms with van der Waals surface area (Å²) >= 11 is 0. The maximum absolute atomic E-state index is 11.5. The summed E-state index contributed by atoms with van der Waals surface area (Å²) in [6, 6.07) is 2.23. The molecule has 1 amide bonds. The second kappa shape index (κ2) is 5.87. The minimum Gasteiger partial charge on any atom is -0.370 e. The molecule has 1 saturated heterocycles. The van der Waals surface area contributed by atoms with E-state index in [1.54, 1.807) is 4.90 Å². The second-order valence-corrected chi connectivity index (χ2v) is 5.96. The zero-order chi connectivity index (χ0) is 14.8.